The van der Waals surface area contributed by atoms with Gasteiger partial charge in [-0.1, -0.05) is 6.42 Å². The number of carbonyl (C=O) groups is 1. The third-order valence-electron chi connectivity index (χ3n) is 2.88. The third kappa shape index (κ3) is 4.08. The van der Waals surface area contributed by atoms with Crippen LogP contribution >= 0.6 is 0 Å². The number of carbonyl (C=O) groups excluding carboxylic acids is 1. The molecule has 1 rings (SSSR count). The molecule has 0 atom stereocenters. The van der Waals surface area contributed by atoms with Crippen LogP contribution in [0, 0.1) is 5.92 Å². The minimum absolute atomic E-state index is 0.226. The molecule has 1 amide bonds. The first-order valence-corrected chi connectivity index (χ1v) is 5.94. The molecular weight excluding hydrogens is 204 g/mol. The number of amides is 1. The van der Waals surface area contributed by atoms with Gasteiger partial charge in [0, 0.05) is 33.1 Å². The zero-order valence-corrected chi connectivity index (χ0v) is 10.2. The number of guanidine groups is 1. The van der Waals surface area contributed by atoms with E-state index >= 15 is 0 Å². The molecule has 1 aliphatic carbocycles. The highest BCUT2D eigenvalue weighted by molar-refractivity contribution is 5.79. The summed E-state index contributed by atoms with van der Waals surface area (Å²) in [5.41, 5.74) is 0. The van der Waals surface area contributed by atoms with E-state index in [4.69, 9.17) is 0 Å². The summed E-state index contributed by atoms with van der Waals surface area (Å²) >= 11 is 0. The minimum atomic E-state index is 0.226. The lowest BCUT2D eigenvalue weighted by molar-refractivity contribution is -0.127. The molecule has 16 heavy (non-hydrogen) atoms. The molecule has 0 radical (unpaired) electrons. The summed E-state index contributed by atoms with van der Waals surface area (Å²) in [7, 11) is 3.56. The molecule has 0 heterocycles. The molecule has 0 bridgehead atoms. The van der Waals surface area contributed by atoms with Crippen LogP contribution in [0.4, 0.5) is 0 Å². The van der Waals surface area contributed by atoms with Crippen molar-refractivity contribution >= 4 is 11.9 Å². The lowest BCUT2D eigenvalue weighted by atomic mass is 9.85. The van der Waals surface area contributed by atoms with Crippen molar-refractivity contribution in [3.63, 3.8) is 0 Å². The second kappa shape index (κ2) is 7.09. The van der Waals surface area contributed by atoms with Crippen molar-refractivity contribution in [1.82, 2.24) is 16.0 Å². The van der Waals surface area contributed by atoms with Gasteiger partial charge in [0.15, 0.2) is 5.96 Å². The van der Waals surface area contributed by atoms with Crippen LogP contribution in [0.15, 0.2) is 4.99 Å². The topological polar surface area (TPSA) is 65.5 Å². The summed E-state index contributed by atoms with van der Waals surface area (Å²) in [6.45, 7) is 1.56. The predicted molar refractivity (Wildman–Crippen MR) is 65.4 cm³/mol. The fourth-order valence-corrected chi connectivity index (χ4v) is 1.60. The number of hydrogen-bond acceptors (Lipinski definition) is 2. The molecule has 0 unspecified atom stereocenters. The average molecular weight is 226 g/mol. The van der Waals surface area contributed by atoms with Crippen molar-refractivity contribution in [2.75, 3.05) is 27.2 Å². The second-order valence-electron chi connectivity index (χ2n) is 4.02. The second-order valence-corrected chi connectivity index (χ2v) is 4.02. The van der Waals surface area contributed by atoms with Crippen LogP contribution in [0.3, 0.4) is 0 Å². The van der Waals surface area contributed by atoms with Gasteiger partial charge in [0.1, 0.15) is 0 Å². The van der Waals surface area contributed by atoms with Crippen molar-refractivity contribution < 1.29 is 4.79 Å². The van der Waals surface area contributed by atoms with Gasteiger partial charge in [0.05, 0.1) is 0 Å². The van der Waals surface area contributed by atoms with E-state index in [1.165, 1.54) is 6.42 Å². The Bertz CT molecular complexity index is 248. The summed E-state index contributed by atoms with van der Waals surface area (Å²) in [6, 6.07) is 0. The highest BCUT2D eigenvalue weighted by atomic mass is 16.1. The van der Waals surface area contributed by atoms with Crippen LogP contribution in [-0.4, -0.2) is 39.1 Å². The molecule has 1 fully saturated rings. The van der Waals surface area contributed by atoms with Crippen molar-refractivity contribution in [3.8, 4) is 0 Å². The Balaban J connectivity index is 1.97. The summed E-state index contributed by atoms with van der Waals surface area (Å²) < 4.78 is 0. The van der Waals surface area contributed by atoms with Gasteiger partial charge in [-0.15, -0.1) is 0 Å². The smallest absolute Gasteiger partial charge is 0.223 e. The van der Waals surface area contributed by atoms with Gasteiger partial charge >= 0.3 is 0 Å². The van der Waals surface area contributed by atoms with E-state index in [2.05, 4.69) is 20.9 Å². The number of nitrogens with one attached hydrogen (secondary N) is 3. The summed E-state index contributed by atoms with van der Waals surface area (Å²) in [5.74, 6) is 1.30. The van der Waals surface area contributed by atoms with Gasteiger partial charge in [-0.25, -0.2) is 0 Å². The quantitative estimate of drug-likeness (QED) is 0.353. The molecule has 0 aromatic carbocycles. The van der Waals surface area contributed by atoms with E-state index in [-0.39, 0.29) is 11.8 Å². The average Bonchev–Trinajstić information content (AvgIpc) is 2.21. The highest BCUT2D eigenvalue weighted by Gasteiger charge is 2.24. The number of hydrogen-bond donors (Lipinski definition) is 3. The van der Waals surface area contributed by atoms with Crippen LogP contribution in [0.25, 0.3) is 0 Å². The first-order chi connectivity index (χ1) is 7.77. The van der Waals surface area contributed by atoms with Crippen molar-refractivity contribution in [1.29, 1.82) is 0 Å². The highest BCUT2D eigenvalue weighted by Crippen LogP contribution is 2.25. The molecule has 1 aliphatic rings. The van der Waals surface area contributed by atoms with E-state index in [1.54, 1.807) is 7.05 Å². The summed E-state index contributed by atoms with van der Waals surface area (Å²) in [6.07, 6.45) is 4.25. The lowest BCUT2D eigenvalue weighted by Gasteiger charge is -2.24. The summed E-state index contributed by atoms with van der Waals surface area (Å²) in [4.78, 5) is 15.5. The molecule has 5 nitrogen and oxygen atoms in total. The van der Waals surface area contributed by atoms with Crippen LogP contribution in [0.5, 0.6) is 0 Å². The molecule has 1 saturated carbocycles. The Morgan fingerprint density at radius 1 is 1.31 bits per heavy atom. The molecule has 0 aromatic heterocycles. The van der Waals surface area contributed by atoms with E-state index in [1.807, 2.05) is 7.05 Å². The minimum Gasteiger partial charge on any atom is -0.359 e. The molecule has 0 saturated heterocycles. The van der Waals surface area contributed by atoms with E-state index in [0.717, 1.165) is 38.3 Å². The molecule has 0 aliphatic heterocycles. The van der Waals surface area contributed by atoms with Gasteiger partial charge in [-0.2, -0.15) is 0 Å². The van der Waals surface area contributed by atoms with E-state index in [9.17, 15) is 4.79 Å². The first-order valence-electron chi connectivity index (χ1n) is 5.94. The fourth-order valence-electron chi connectivity index (χ4n) is 1.60. The Labute approximate surface area is 97.1 Å². The maximum absolute atomic E-state index is 11.5. The zero-order chi connectivity index (χ0) is 11.8. The first kappa shape index (κ1) is 12.8. The number of aliphatic imine (C=N–C) groups is 1. The largest absolute Gasteiger partial charge is 0.359 e. The standard InChI is InChI=1S/C11H22N4O/c1-12-11(13-2)15-8-4-7-14-10(16)9-5-3-6-9/h9H,3-8H2,1-2H3,(H,14,16)(H2,12,13,15). The molecule has 92 valence electrons. The van der Waals surface area contributed by atoms with Crippen LogP contribution < -0.4 is 16.0 Å². The van der Waals surface area contributed by atoms with Crippen LogP contribution in [0.1, 0.15) is 25.7 Å². The van der Waals surface area contributed by atoms with E-state index in [0.29, 0.717) is 0 Å². The van der Waals surface area contributed by atoms with Gasteiger partial charge in [-0.3, -0.25) is 9.79 Å². The zero-order valence-electron chi connectivity index (χ0n) is 10.2. The normalized spacial score (nSPS) is 16.5. The van der Waals surface area contributed by atoms with Crippen LogP contribution in [0.2, 0.25) is 0 Å². The van der Waals surface area contributed by atoms with Gasteiger partial charge < -0.3 is 16.0 Å². The Morgan fingerprint density at radius 3 is 2.50 bits per heavy atom. The Kier molecular flexibility index (Phi) is 5.67. The van der Waals surface area contributed by atoms with Gasteiger partial charge in [-0.05, 0) is 19.3 Å². The number of rotatable bonds is 5. The SMILES string of the molecule is CN=C(NC)NCCCNC(=O)C1CCC1. The van der Waals surface area contributed by atoms with Gasteiger partial charge in [0.2, 0.25) is 5.91 Å². The fraction of sp³-hybridized carbons (Fsp3) is 0.818. The van der Waals surface area contributed by atoms with Gasteiger partial charge in [0.25, 0.3) is 0 Å². The Hall–Kier alpha value is -1.26. The van der Waals surface area contributed by atoms with Crippen molar-refractivity contribution in [3.05, 3.63) is 0 Å². The maximum atomic E-state index is 11.5. The van der Waals surface area contributed by atoms with E-state index < -0.39 is 0 Å². The summed E-state index contributed by atoms with van der Waals surface area (Å²) in [5, 5.41) is 9.03. The number of nitrogens with zero attached hydrogens (tertiary/aromatic N) is 1. The molecule has 0 aromatic rings. The Morgan fingerprint density at radius 2 is 2.00 bits per heavy atom. The monoisotopic (exact) mass is 226 g/mol. The molecule has 0 spiro atoms. The molecule has 3 N–H and O–H groups in total. The molecule has 5 heteroatoms. The molecular formula is C11H22N4O. The maximum Gasteiger partial charge on any atom is 0.223 e. The predicted octanol–water partition coefficient (Wildman–Crippen LogP) is 0.0876. The van der Waals surface area contributed by atoms with Crippen molar-refractivity contribution in [2.24, 2.45) is 10.9 Å². The van der Waals surface area contributed by atoms with Crippen LogP contribution in [-0.2, 0) is 4.79 Å². The van der Waals surface area contributed by atoms with Crippen molar-refractivity contribution in [2.45, 2.75) is 25.7 Å². The third-order valence-corrected chi connectivity index (χ3v) is 2.88. The lowest BCUT2D eigenvalue weighted by Crippen LogP contribution is -2.38.